The lowest BCUT2D eigenvalue weighted by atomic mass is 10.1. The van der Waals surface area contributed by atoms with Gasteiger partial charge in [-0.05, 0) is 24.5 Å². The first kappa shape index (κ1) is 15.0. The Balaban J connectivity index is 1.38. The zero-order valence-electron chi connectivity index (χ0n) is 13.1. The van der Waals surface area contributed by atoms with E-state index >= 15 is 0 Å². The van der Waals surface area contributed by atoms with Crippen molar-refractivity contribution in [1.82, 2.24) is 15.2 Å². The van der Waals surface area contributed by atoms with Gasteiger partial charge in [0.05, 0.1) is 5.56 Å². The van der Waals surface area contributed by atoms with Crippen LogP contribution < -0.4 is 0 Å². The van der Waals surface area contributed by atoms with Crippen molar-refractivity contribution in [2.75, 3.05) is 5.75 Å². The Morgan fingerprint density at radius 3 is 2.71 bits per heavy atom. The molecule has 0 spiro atoms. The summed E-state index contributed by atoms with van der Waals surface area (Å²) in [5.74, 6) is 1.53. The molecule has 0 aliphatic carbocycles. The Morgan fingerprint density at radius 1 is 0.958 bits per heavy atom. The lowest BCUT2D eigenvalue weighted by molar-refractivity contribution is 0.466. The van der Waals surface area contributed by atoms with E-state index in [0.717, 1.165) is 35.1 Å². The fourth-order valence-electron chi connectivity index (χ4n) is 2.71. The second kappa shape index (κ2) is 6.93. The van der Waals surface area contributed by atoms with Crippen LogP contribution in [-0.4, -0.2) is 20.9 Å². The molecule has 2 heterocycles. The summed E-state index contributed by atoms with van der Waals surface area (Å²) in [5, 5.41) is 10.1. The molecule has 1 N–H and O–H groups in total. The summed E-state index contributed by atoms with van der Waals surface area (Å²) in [5.41, 5.74) is 3.39. The van der Waals surface area contributed by atoms with Crippen LogP contribution in [0.2, 0.25) is 0 Å². The van der Waals surface area contributed by atoms with Gasteiger partial charge in [-0.15, -0.1) is 10.2 Å². The zero-order chi connectivity index (χ0) is 16.2. The lowest BCUT2D eigenvalue weighted by Crippen LogP contribution is -1.87. The van der Waals surface area contributed by atoms with E-state index < -0.39 is 0 Å². The second-order valence-corrected chi connectivity index (χ2v) is 6.60. The molecule has 24 heavy (non-hydrogen) atoms. The van der Waals surface area contributed by atoms with Crippen LogP contribution in [0.15, 0.2) is 70.4 Å². The molecule has 5 heteroatoms. The number of fused-ring (bicyclic) bond motifs is 1. The number of hydrogen-bond donors (Lipinski definition) is 1. The van der Waals surface area contributed by atoms with Gasteiger partial charge in [0.15, 0.2) is 0 Å². The molecule has 4 aromatic rings. The molecule has 0 radical (unpaired) electrons. The molecule has 0 fully saturated rings. The molecule has 0 amide bonds. The quantitative estimate of drug-likeness (QED) is 0.400. The van der Waals surface area contributed by atoms with Crippen LogP contribution in [0.5, 0.6) is 0 Å². The fraction of sp³-hybridized carbons (Fsp3) is 0.158. The van der Waals surface area contributed by atoms with Crippen LogP contribution in [0.4, 0.5) is 0 Å². The van der Waals surface area contributed by atoms with Gasteiger partial charge in [-0.3, -0.25) is 0 Å². The third-order valence-electron chi connectivity index (χ3n) is 3.90. The van der Waals surface area contributed by atoms with Crippen molar-refractivity contribution >= 4 is 22.7 Å². The van der Waals surface area contributed by atoms with Crippen LogP contribution in [0.1, 0.15) is 12.0 Å². The molecule has 0 saturated carbocycles. The Morgan fingerprint density at radius 2 is 1.79 bits per heavy atom. The van der Waals surface area contributed by atoms with Crippen LogP contribution in [0.3, 0.4) is 0 Å². The summed E-state index contributed by atoms with van der Waals surface area (Å²) in [7, 11) is 0. The van der Waals surface area contributed by atoms with Crippen molar-refractivity contribution in [1.29, 1.82) is 0 Å². The van der Waals surface area contributed by atoms with E-state index in [0.29, 0.717) is 11.1 Å². The third kappa shape index (κ3) is 3.21. The minimum absolute atomic E-state index is 0.568. The summed E-state index contributed by atoms with van der Waals surface area (Å²) >= 11 is 1.61. The normalized spacial score (nSPS) is 11.2. The van der Waals surface area contributed by atoms with Crippen LogP contribution in [0.25, 0.3) is 22.4 Å². The summed E-state index contributed by atoms with van der Waals surface area (Å²) in [4.78, 5) is 3.23. The smallest absolute Gasteiger partial charge is 0.276 e. The van der Waals surface area contributed by atoms with Gasteiger partial charge in [0.25, 0.3) is 11.1 Å². The standard InChI is InChI=1S/C19H17N3OS/c1-2-7-14(8-3-1)9-6-12-24-19-22-21-18(23-19)16-13-20-17-11-5-4-10-15(16)17/h1-5,7-8,10-11,13,20H,6,9,12H2. The van der Waals surface area contributed by atoms with Gasteiger partial charge in [0.1, 0.15) is 0 Å². The number of aromatic nitrogens is 3. The molecular weight excluding hydrogens is 318 g/mol. The van der Waals surface area contributed by atoms with Crippen molar-refractivity contribution in [2.24, 2.45) is 0 Å². The highest BCUT2D eigenvalue weighted by Crippen LogP contribution is 2.29. The number of thioether (sulfide) groups is 1. The largest absolute Gasteiger partial charge is 0.411 e. The number of aryl methyl sites for hydroxylation is 1. The summed E-state index contributed by atoms with van der Waals surface area (Å²) in [6, 6.07) is 18.6. The lowest BCUT2D eigenvalue weighted by Gasteiger charge is -1.99. The molecule has 0 aliphatic heterocycles. The molecule has 4 nitrogen and oxygen atoms in total. The SMILES string of the molecule is c1ccc(CCCSc2nnc(-c3c[nH]c4ccccc34)o2)cc1. The van der Waals surface area contributed by atoms with Gasteiger partial charge in [0, 0.05) is 22.9 Å². The number of hydrogen-bond acceptors (Lipinski definition) is 4. The number of nitrogens with zero attached hydrogens (tertiary/aromatic N) is 2. The Bertz CT molecular complexity index is 930. The van der Waals surface area contributed by atoms with E-state index in [1.54, 1.807) is 11.8 Å². The van der Waals surface area contributed by atoms with Gasteiger partial charge in [-0.1, -0.05) is 60.3 Å². The van der Waals surface area contributed by atoms with E-state index in [4.69, 9.17) is 4.42 Å². The summed E-state index contributed by atoms with van der Waals surface area (Å²) in [6.07, 6.45) is 4.07. The highest BCUT2D eigenvalue weighted by molar-refractivity contribution is 7.99. The topological polar surface area (TPSA) is 54.7 Å². The van der Waals surface area contributed by atoms with Crippen molar-refractivity contribution < 1.29 is 4.42 Å². The first-order chi connectivity index (χ1) is 11.9. The molecule has 0 saturated heterocycles. The molecule has 2 aromatic carbocycles. The third-order valence-corrected chi connectivity index (χ3v) is 4.81. The molecule has 0 aliphatic rings. The average molecular weight is 335 g/mol. The molecule has 4 rings (SSSR count). The first-order valence-electron chi connectivity index (χ1n) is 7.97. The highest BCUT2D eigenvalue weighted by atomic mass is 32.2. The summed E-state index contributed by atoms with van der Waals surface area (Å²) in [6.45, 7) is 0. The number of aromatic amines is 1. The molecule has 0 atom stereocenters. The first-order valence-corrected chi connectivity index (χ1v) is 8.95. The van der Waals surface area contributed by atoms with E-state index in [1.165, 1.54) is 5.56 Å². The maximum atomic E-state index is 5.81. The van der Waals surface area contributed by atoms with E-state index in [9.17, 15) is 0 Å². The second-order valence-electron chi connectivity index (χ2n) is 5.56. The van der Waals surface area contributed by atoms with Crippen LogP contribution in [-0.2, 0) is 6.42 Å². The van der Waals surface area contributed by atoms with Crippen LogP contribution >= 0.6 is 11.8 Å². The maximum absolute atomic E-state index is 5.81. The minimum atomic E-state index is 0.568. The minimum Gasteiger partial charge on any atom is -0.411 e. The van der Waals surface area contributed by atoms with E-state index in [1.807, 2.05) is 30.5 Å². The molecule has 2 aromatic heterocycles. The van der Waals surface area contributed by atoms with Crippen molar-refractivity contribution in [3.05, 3.63) is 66.4 Å². The zero-order valence-corrected chi connectivity index (χ0v) is 13.9. The van der Waals surface area contributed by atoms with Gasteiger partial charge in [0.2, 0.25) is 0 Å². The Labute approximate surface area is 144 Å². The van der Waals surface area contributed by atoms with Crippen LogP contribution in [0, 0.1) is 0 Å². The van der Waals surface area contributed by atoms with Gasteiger partial charge < -0.3 is 9.40 Å². The number of H-pyrrole nitrogens is 1. The Kier molecular flexibility index (Phi) is 4.34. The van der Waals surface area contributed by atoms with Gasteiger partial charge in [-0.2, -0.15) is 0 Å². The predicted octanol–water partition coefficient (Wildman–Crippen LogP) is 4.94. The van der Waals surface area contributed by atoms with Gasteiger partial charge >= 0.3 is 0 Å². The molecule has 0 unspecified atom stereocenters. The summed E-state index contributed by atoms with van der Waals surface area (Å²) < 4.78 is 5.81. The monoisotopic (exact) mass is 335 g/mol. The van der Waals surface area contributed by atoms with Crippen molar-refractivity contribution in [3.8, 4) is 11.5 Å². The molecule has 0 bridgehead atoms. The average Bonchev–Trinajstić information content (AvgIpc) is 3.26. The van der Waals surface area contributed by atoms with Crippen molar-refractivity contribution in [3.63, 3.8) is 0 Å². The van der Waals surface area contributed by atoms with Gasteiger partial charge in [-0.25, -0.2) is 0 Å². The fourth-order valence-corrected chi connectivity index (χ4v) is 3.41. The molecular formula is C19H17N3OS. The predicted molar refractivity (Wildman–Crippen MR) is 97.1 cm³/mol. The van der Waals surface area contributed by atoms with Crippen molar-refractivity contribution in [2.45, 2.75) is 18.1 Å². The Hall–Kier alpha value is -2.53. The number of benzene rings is 2. The van der Waals surface area contributed by atoms with E-state index in [-0.39, 0.29) is 0 Å². The highest BCUT2D eigenvalue weighted by Gasteiger charge is 2.13. The number of para-hydroxylation sites is 1. The number of nitrogens with one attached hydrogen (secondary N) is 1. The van der Waals surface area contributed by atoms with E-state index in [2.05, 4.69) is 45.5 Å². The number of rotatable bonds is 6. The maximum Gasteiger partial charge on any atom is 0.276 e. The molecule has 120 valence electrons.